The van der Waals surface area contributed by atoms with Crippen LogP contribution < -0.4 is 0 Å². The number of rotatable bonds is 5. The van der Waals surface area contributed by atoms with Crippen LogP contribution in [-0.4, -0.2) is 34.5 Å². The molecule has 0 fully saturated rings. The van der Waals surface area contributed by atoms with E-state index < -0.39 is 5.97 Å². The lowest BCUT2D eigenvalue weighted by atomic mass is 10.1. The lowest BCUT2D eigenvalue weighted by Crippen LogP contribution is -2.39. The first-order valence-corrected chi connectivity index (χ1v) is 5.97. The van der Waals surface area contributed by atoms with Crippen molar-refractivity contribution in [3.63, 3.8) is 0 Å². The highest BCUT2D eigenvalue weighted by Gasteiger charge is 2.23. The van der Waals surface area contributed by atoms with Gasteiger partial charge in [-0.05, 0) is 31.9 Å². The Kier molecular flexibility index (Phi) is 4.53. The Morgan fingerprint density at radius 1 is 1.22 bits per heavy atom. The third-order valence-electron chi connectivity index (χ3n) is 2.47. The molecule has 0 aliphatic heterocycles. The lowest BCUT2D eigenvalue weighted by Gasteiger charge is -2.27. The molecule has 0 aromatic carbocycles. The number of carbonyl (C=O) groups is 2. The predicted octanol–water partition coefficient (Wildman–Crippen LogP) is 2.48. The summed E-state index contributed by atoms with van der Waals surface area (Å²) in [6.07, 6.45) is 0. The molecule has 1 aromatic heterocycles. The molecule has 0 spiro atoms. The smallest absolute Gasteiger partial charge is 0.371 e. The molecule has 0 saturated heterocycles. The fraction of sp³-hybridized carbons (Fsp3) is 0.538. The van der Waals surface area contributed by atoms with E-state index in [0.717, 1.165) is 0 Å². The molecule has 100 valence electrons. The van der Waals surface area contributed by atoms with Crippen LogP contribution in [0.15, 0.2) is 16.5 Å². The molecule has 5 nitrogen and oxygen atoms in total. The summed E-state index contributed by atoms with van der Waals surface area (Å²) in [7, 11) is 0. The highest BCUT2D eigenvalue weighted by atomic mass is 16.4. The van der Waals surface area contributed by atoms with Crippen molar-refractivity contribution in [3.8, 4) is 0 Å². The second-order valence-electron chi connectivity index (χ2n) is 4.91. The maximum absolute atomic E-state index is 12.2. The van der Waals surface area contributed by atoms with E-state index in [1.165, 1.54) is 12.1 Å². The largest absolute Gasteiger partial charge is 0.475 e. The fourth-order valence-corrected chi connectivity index (χ4v) is 1.63. The maximum Gasteiger partial charge on any atom is 0.371 e. The van der Waals surface area contributed by atoms with Gasteiger partial charge in [0.05, 0.1) is 0 Å². The molecule has 1 amide bonds. The first-order valence-electron chi connectivity index (χ1n) is 5.97. The van der Waals surface area contributed by atoms with Gasteiger partial charge in [-0.15, -0.1) is 0 Å². The van der Waals surface area contributed by atoms with Gasteiger partial charge >= 0.3 is 5.97 Å². The van der Waals surface area contributed by atoms with Crippen LogP contribution in [0.25, 0.3) is 0 Å². The van der Waals surface area contributed by atoms with Crippen molar-refractivity contribution >= 4 is 11.9 Å². The number of aromatic carboxylic acids is 1. The molecule has 0 atom stereocenters. The summed E-state index contributed by atoms with van der Waals surface area (Å²) in [4.78, 5) is 24.6. The van der Waals surface area contributed by atoms with Crippen molar-refractivity contribution in [2.45, 2.75) is 33.7 Å². The molecule has 1 heterocycles. The van der Waals surface area contributed by atoms with Gasteiger partial charge < -0.3 is 14.4 Å². The molecular weight excluding hydrogens is 234 g/mol. The van der Waals surface area contributed by atoms with Gasteiger partial charge in [0.1, 0.15) is 0 Å². The van der Waals surface area contributed by atoms with E-state index in [1.807, 2.05) is 27.7 Å². The van der Waals surface area contributed by atoms with Gasteiger partial charge in [-0.2, -0.15) is 0 Å². The van der Waals surface area contributed by atoms with E-state index in [1.54, 1.807) is 4.90 Å². The summed E-state index contributed by atoms with van der Waals surface area (Å²) in [5.41, 5.74) is 0. The Morgan fingerprint density at radius 2 is 1.78 bits per heavy atom. The first kappa shape index (κ1) is 14.3. The number of carbonyl (C=O) groups excluding carboxylic acids is 1. The molecule has 0 aliphatic rings. The Labute approximate surface area is 106 Å². The minimum absolute atomic E-state index is 0.0401. The molecule has 0 bridgehead atoms. The average Bonchev–Trinajstić information content (AvgIpc) is 2.73. The maximum atomic E-state index is 12.2. The van der Waals surface area contributed by atoms with Gasteiger partial charge in [0.2, 0.25) is 5.76 Å². The lowest BCUT2D eigenvalue weighted by molar-refractivity contribution is 0.0624. The Hall–Kier alpha value is -1.78. The Bertz CT molecular complexity index is 434. The molecule has 0 saturated carbocycles. The summed E-state index contributed by atoms with van der Waals surface area (Å²) in [6.45, 7) is 8.49. The third kappa shape index (κ3) is 3.35. The number of nitrogens with zero attached hydrogens (tertiary/aromatic N) is 1. The van der Waals surface area contributed by atoms with Crippen LogP contribution in [0, 0.1) is 5.92 Å². The summed E-state index contributed by atoms with van der Waals surface area (Å²) >= 11 is 0. The zero-order chi connectivity index (χ0) is 13.9. The van der Waals surface area contributed by atoms with E-state index >= 15 is 0 Å². The van der Waals surface area contributed by atoms with E-state index in [4.69, 9.17) is 9.52 Å². The van der Waals surface area contributed by atoms with Crippen molar-refractivity contribution in [2.24, 2.45) is 5.92 Å². The van der Waals surface area contributed by atoms with Crippen molar-refractivity contribution in [2.75, 3.05) is 6.54 Å². The van der Waals surface area contributed by atoms with Gasteiger partial charge in [0.25, 0.3) is 5.91 Å². The highest BCUT2D eigenvalue weighted by Crippen LogP contribution is 2.14. The second-order valence-corrected chi connectivity index (χ2v) is 4.91. The molecule has 1 N–H and O–H groups in total. The van der Waals surface area contributed by atoms with Crippen molar-refractivity contribution < 1.29 is 19.1 Å². The average molecular weight is 253 g/mol. The van der Waals surface area contributed by atoms with Gasteiger partial charge in [0.15, 0.2) is 5.76 Å². The second kappa shape index (κ2) is 5.71. The number of amides is 1. The third-order valence-corrected chi connectivity index (χ3v) is 2.47. The number of carboxylic acids is 1. The summed E-state index contributed by atoms with van der Waals surface area (Å²) in [5.74, 6) is -1.25. The summed E-state index contributed by atoms with van der Waals surface area (Å²) in [5, 5.41) is 8.75. The number of hydrogen-bond donors (Lipinski definition) is 1. The zero-order valence-corrected chi connectivity index (χ0v) is 11.1. The van der Waals surface area contributed by atoms with Gasteiger partial charge in [-0.3, -0.25) is 4.79 Å². The van der Waals surface area contributed by atoms with E-state index in [2.05, 4.69) is 0 Å². The van der Waals surface area contributed by atoms with Gasteiger partial charge in [-0.25, -0.2) is 4.79 Å². The standard InChI is InChI=1S/C13H19NO4/c1-8(2)7-14(9(3)4)12(15)10-5-6-11(18-10)13(16)17/h5-6,8-9H,7H2,1-4H3,(H,16,17). The number of furan rings is 1. The summed E-state index contributed by atoms with van der Waals surface area (Å²) < 4.78 is 5.03. The summed E-state index contributed by atoms with van der Waals surface area (Å²) in [6, 6.07) is 2.74. The van der Waals surface area contributed by atoms with Crippen LogP contribution >= 0.6 is 0 Å². The monoisotopic (exact) mass is 253 g/mol. The van der Waals surface area contributed by atoms with E-state index in [9.17, 15) is 9.59 Å². The normalized spacial score (nSPS) is 11.0. The minimum atomic E-state index is -1.17. The van der Waals surface area contributed by atoms with E-state index in [-0.39, 0.29) is 23.5 Å². The topological polar surface area (TPSA) is 70.8 Å². The molecule has 18 heavy (non-hydrogen) atoms. The Balaban J connectivity index is 2.91. The van der Waals surface area contributed by atoms with Crippen LogP contribution in [0.1, 0.15) is 48.8 Å². The van der Waals surface area contributed by atoms with Crippen LogP contribution in [0.3, 0.4) is 0 Å². The molecule has 0 aliphatic carbocycles. The minimum Gasteiger partial charge on any atom is -0.475 e. The van der Waals surface area contributed by atoms with Gasteiger partial charge in [0, 0.05) is 12.6 Å². The molecule has 0 radical (unpaired) electrons. The quantitative estimate of drug-likeness (QED) is 0.875. The van der Waals surface area contributed by atoms with Crippen molar-refractivity contribution in [1.29, 1.82) is 0 Å². The SMILES string of the molecule is CC(C)CN(C(=O)c1ccc(C(=O)O)o1)C(C)C. The molecule has 0 unspecified atom stereocenters. The van der Waals surface area contributed by atoms with Crippen LogP contribution in [0.2, 0.25) is 0 Å². The molecule has 5 heteroatoms. The Morgan fingerprint density at radius 3 is 2.17 bits per heavy atom. The van der Waals surface area contributed by atoms with Crippen molar-refractivity contribution in [1.82, 2.24) is 4.90 Å². The zero-order valence-electron chi connectivity index (χ0n) is 11.1. The van der Waals surface area contributed by atoms with Gasteiger partial charge in [-0.1, -0.05) is 13.8 Å². The number of hydrogen-bond acceptors (Lipinski definition) is 3. The molecule has 1 rings (SSSR count). The van der Waals surface area contributed by atoms with Crippen LogP contribution in [0.4, 0.5) is 0 Å². The molecule has 1 aromatic rings. The fourth-order valence-electron chi connectivity index (χ4n) is 1.63. The molecular formula is C13H19NO4. The highest BCUT2D eigenvalue weighted by molar-refractivity contribution is 5.93. The van der Waals surface area contributed by atoms with Crippen molar-refractivity contribution in [3.05, 3.63) is 23.7 Å². The number of carboxylic acid groups (broad SMARTS) is 1. The van der Waals surface area contributed by atoms with E-state index in [0.29, 0.717) is 12.5 Å². The first-order chi connectivity index (χ1) is 8.32. The predicted molar refractivity (Wildman–Crippen MR) is 66.7 cm³/mol. The van der Waals surface area contributed by atoms with Crippen LogP contribution in [-0.2, 0) is 0 Å². The van der Waals surface area contributed by atoms with Crippen LogP contribution in [0.5, 0.6) is 0 Å².